The fourth-order valence-corrected chi connectivity index (χ4v) is 1.36. The molecule has 5 nitrogen and oxygen atoms in total. The molecule has 76 valence electrons. The standard InChI is InChI=1S/C8H18N4O/c1-10-3-2-8(13)11-4-6-12(9)7-5-11/h10H,2-7,9H2,1H3. The highest BCUT2D eigenvalue weighted by Crippen LogP contribution is 1.99. The van der Waals surface area contributed by atoms with E-state index in [1.165, 1.54) is 0 Å². The first-order chi connectivity index (χ1) is 6.24. The Bertz CT molecular complexity index is 166. The van der Waals surface area contributed by atoms with Crippen LogP contribution in [-0.2, 0) is 4.79 Å². The Labute approximate surface area is 78.8 Å². The molecular weight excluding hydrogens is 168 g/mol. The van der Waals surface area contributed by atoms with Crippen LogP contribution in [0.4, 0.5) is 0 Å². The monoisotopic (exact) mass is 186 g/mol. The molecule has 0 bridgehead atoms. The molecule has 13 heavy (non-hydrogen) atoms. The molecule has 1 rings (SSSR count). The lowest BCUT2D eigenvalue weighted by molar-refractivity contribution is -0.132. The van der Waals surface area contributed by atoms with Gasteiger partial charge < -0.3 is 10.2 Å². The van der Waals surface area contributed by atoms with E-state index in [4.69, 9.17) is 5.84 Å². The largest absolute Gasteiger partial charge is 0.340 e. The smallest absolute Gasteiger partial charge is 0.223 e. The molecule has 0 unspecified atom stereocenters. The van der Waals surface area contributed by atoms with Crippen molar-refractivity contribution in [2.24, 2.45) is 5.84 Å². The number of hydrogen-bond acceptors (Lipinski definition) is 4. The summed E-state index contributed by atoms with van der Waals surface area (Å²) in [5, 5.41) is 4.72. The van der Waals surface area contributed by atoms with Crippen molar-refractivity contribution in [3.63, 3.8) is 0 Å². The number of nitrogens with one attached hydrogen (secondary N) is 1. The van der Waals surface area contributed by atoms with Gasteiger partial charge in [0.05, 0.1) is 0 Å². The molecule has 1 saturated heterocycles. The summed E-state index contributed by atoms with van der Waals surface area (Å²) in [5.41, 5.74) is 0. The van der Waals surface area contributed by atoms with Crippen molar-refractivity contribution in [1.82, 2.24) is 15.2 Å². The molecule has 0 aromatic rings. The number of carbonyl (C=O) groups is 1. The highest BCUT2D eigenvalue weighted by Gasteiger charge is 2.18. The number of piperazine rings is 1. The van der Waals surface area contributed by atoms with Gasteiger partial charge in [-0.15, -0.1) is 0 Å². The highest BCUT2D eigenvalue weighted by atomic mass is 16.2. The van der Waals surface area contributed by atoms with Gasteiger partial charge in [-0.3, -0.25) is 10.6 Å². The van der Waals surface area contributed by atoms with Gasteiger partial charge in [-0.1, -0.05) is 0 Å². The lowest BCUT2D eigenvalue weighted by Crippen LogP contribution is -2.51. The van der Waals surface area contributed by atoms with E-state index >= 15 is 0 Å². The summed E-state index contributed by atoms with van der Waals surface area (Å²) >= 11 is 0. The van der Waals surface area contributed by atoms with Gasteiger partial charge in [0.15, 0.2) is 0 Å². The number of hydrogen-bond donors (Lipinski definition) is 2. The zero-order valence-electron chi connectivity index (χ0n) is 8.12. The molecule has 0 saturated carbocycles. The topological polar surface area (TPSA) is 61.6 Å². The molecule has 0 radical (unpaired) electrons. The van der Waals surface area contributed by atoms with Gasteiger partial charge in [0.1, 0.15) is 0 Å². The molecule has 0 aliphatic carbocycles. The van der Waals surface area contributed by atoms with Crippen LogP contribution in [0.2, 0.25) is 0 Å². The molecule has 1 aliphatic rings. The van der Waals surface area contributed by atoms with E-state index in [0.29, 0.717) is 6.42 Å². The average Bonchev–Trinajstić information content (AvgIpc) is 2.15. The Kier molecular flexibility index (Phi) is 4.14. The van der Waals surface area contributed by atoms with Crippen LogP contribution in [0.15, 0.2) is 0 Å². The van der Waals surface area contributed by atoms with E-state index in [9.17, 15) is 4.79 Å². The van der Waals surface area contributed by atoms with Crippen molar-refractivity contribution < 1.29 is 4.79 Å². The number of carbonyl (C=O) groups excluding carboxylic acids is 1. The van der Waals surface area contributed by atoms with Crippen molar-refractivity contribution in [3.05, 3.63) is 0 Å². The Morgan fingerprint density at radius 2 is 2.00 bits per heavy atom. The minimum atomic E-state index is 0.224. The predicted octanol–water partition coefficient (Wildman–Crippen LogP) is -1.39. The van der Waals surface area contributed by atoms with E-state index in [-0.39, 0.29) is 5.91 Å². The third-order valence-corrected chi connectivity index (χ3v) is 2.26. The second kappa shape index (κ2) is 5.16. The summed E-state index contributed by atoms with van der Waals surface area (Å²) in [6, 6.07) is 0. The van der Waals surface area contributed by atoms with Gasteiger partial charge in [-0.2, -0.15) is 0 Å². The van der Waals surface area contributed by atoms with Gasteiger partial charge in [-0.25, -0.2) is 5.01 Å². The molecule has 1 fully saturated rings. The zero-order chi connectivity index (χ0) is 9.68. The van der Waals surface area contributed by atoms with Crippen LogP contribution in [0.25, 0.3) is 0 Å². The van der Waals surface area contributed by atoms with Crippen LogP contribution >= 0.6 is 0 Å². The summed E-state index contributed by atoms with van der Waals surface area (Å²) < 4.78 is 0. The minimum absolute atomic E-state index is 0.224. The summed E-state index contributed by atoms with van der Waals surface area (Å²) in [6.07, 6.45) is 0.584. The summed E-state index contributed by atoms with van der Waals surface area (Å²) in [6.45, 7) is 3.84. The molecular formula is C8H18N4O. The Balaban J connectivity index is 2.23. The quantitative estimate of drug-likeness (QED) is 0.533. The maximum Gasteiger partial charge on any atom is 0.223 e. The van der Waals surface area contributed by atoms with Crippen LogP contribution < -0.4 is 11.2 Å². The molecule has 1 aliphatic heterocycles. The normalized spacial score (nSPS) is 19.1. The third kappa shape index (κ3) is 3.30. The van der Waals surface area contributed by atoms with Crippen LogP contribution in [0.3, 0.4) is 0 Å². The first-order valence-electron chi connectivity index (χ1n) is 4.66. The maximum absolute atomic E-state index is 11.5. The van der Waals surface area contributed by atoms with Crippen molar-refractivity contribution in [2.45, 2.75) is 6.42 Å². The van der Waals surface area contributed by atoms with E-state index in [1.54, 1.807) is 5.01 Å². The molecule has 0 spiro atoms. The Morgan fingerprint density at radius 3 is 2.54 bits per heavy atom. The van der Waals surface area contributed by atoms with Crippen molar-refractivity contribution >= 4 is 5.91 Å². The molecule has 0 aromatic heterocycles. The van der Waals surface area contributed by atoms with E-state index in [0.717, 1.165) is 32.7 Å². The van der Waals surface area contributed by atoms with E-state index in [2.05, 4.69) is 5.32 Å². The van der Waals surface area contributed by atoms with Gasteiger partial charge in [0, 0.05) is 39.1 Å². The second-order valence-electron chi connectivity index (χ2n) is 3.27. The van der Waals surface area contributed by atoms with Gasteiger partial charge in [0.25, 0.3) is 0 Å². The molecule has 1 amide bonds. The summed E-state index contributed by atoms with van der Waals surface area (Å²) in [5.74, 6) is 5.80. The maximum atomic E-state index is 11.5. The Hall–Kier alpha value is -0.650. The fraction of sp³-hybridized carbons (Fsp3) is 0.875. The van der Waals surface area contributed by atoms with Crippen LogP contribution in [0, 0.1) is 0 Å². The molecule has 0 atom stereocenters. The van der Waals surface area contributed by atoms with Gasteiger partial charge >= 0.3 is 0 Å². The van der Waals surface area contributed by atoms with Gasteiger partial charge in [-0.05, 0) is 7.05 Å². The number of amides is 1. The van der Waals surface area contributed by atoms with E-state index in [1.807, 2.05) is 11.9 Å². The zero-order valence-corrected chi connectivity index (χ0v) is 8.12. The van der Waals surface area contributed by atoms with Crippen molar-refractivity contribution in [3.8, 4) is 0 Å². The molecule has 0 aromatic carbocycles. The van der Waals surface area contributed by atoms with Gasteiger partial charge in [0.2, 0.25) is 5.91 Å². The Morgan fingerprint density at radius 1 is 1.38 bits per heavy atom. The molecule has 5 heteroatoms. The molecule has 3 N–H and O–H groups in total. The summed E-state index contributed by atoms with van der Waals surface area (Å²) in [4.78, 5) is 13.4. The minimum Gasteiger partial charge on any atom is -0.340 e. The first kappa shape index (κ1) is 10.4. The SMILES string of the molecule is CNCCC(=O)N1CCN(N)CC1. The fourth-order valence-electron chi connectivity index (χ4n) is 1.36. The van der Waals surface area contributed by atoms with Crippen molar-refractivity contribution in [2.75, 3.05) is 39.8 Å². The third-order valence-electron chi connectivity index (χ3n) is 2.26. The number of hydrazine groups is 1. The lowest BCUT2D eigenvalue weighted by Gasteiger charge is -2.32. The average molecular weight is 186 g/mol. The van der Waals surface area contributed by atoms with Crippen molar-refractivity contribution in [1.29, 1.82) is 0 Å². The number of rotatable bonds is 3. The first-order valence-corrected chi connectivity index (χ1v) is 4.66. The second-order valence-corrected chi connectivity index (χ2v) is 3.27. The van der Waals surface area contributed by atoms with Crippen LogP contribution in [-0.4, -0.2) is 55.6 Å². The van der Waals surface area contributed by atoms with E-state index < -0.39 is 0 Å². The number of nitrogens with zero attached hydrogens (tertiary/aromatic N) is 2. The lowest BCUT2D eigenvalue weighted by atomic mass is 10.3. The summed E-state index contributed by atoms with van der Waals surface area (Å²) in [7, 11) is 1.85. The highest BCUT2D eigenvalue weighted by molar-refractivity contribution is 5.76. The predicted molar refractivity (Wildman–Crippen MR) is 50.9 cm³/mol. The van der Waals surface area contributed by atoms with Crippen LogP contribution in [0.1, 0.15) is 6.42 Å². The van der Waals surface area contributed by atoms with Crippen LogP contribution in [0.5, 0.6) is 0 Å². The number of nitrogens with two attached hydrogens (primary N) is 1. The molecule has 1 heterocycles.